The van der Waals surface area contributed by atoms with Crippen LogP contribution in [0.3, 0.4) is 0 Å². The summed E-state index contributed by atoms with van der Waals surface area (Å²) in [6, 6.07) is 2.14. The van der Waals surface area contributed by atoms with Crippen LogP contribution in [0.4, 0.5) is 0 Å². The summed E-state index contributed by atoms with van der Waals surface area (Å²) in [6.07, 6.45) is 0.215. The number of carbonyl (C=O) groups is 1. The predicted octanol–water partition coefficient (Wildman–Crippen LogP) is 0.190. The Morgan fingerprint density at radius 2 is 2.20 bits per heavy atom. The fourth-order valence-electron chi connectivity index (χ4n) is 1.38. The lowest BCUT2D eigenvalue weighted by Gasteiger charge is -2.01. The van der Waals surface area contributed by atoms with Crippen LogP contribution < -0.4 is 4.72 Å². The minimum atomic E-state index is -3.91. The zero-order valence-electron chi connectivity index (χ0n) is 10.4. The fraction of sp³-hybridized carbons (Fsp3) is 0.300. The van der Waals surface area contributed by atoms with E-state index in [0.717, 1.165) is 12.1 Å². The van der Waals surface area contributed by atoms with E-state index in [2.05, 4.69) is 14.9 Å². The molecule has 10 heteroatoms. The van der Waals surface area contributed by atoms with E-state index in [1.165, 1.54) is 0 Å². The maximum absolute atomic E-state index is 11.8. The first kappa shape index (κ1) is 14.2. The van der Waals surface area contributed by atoms with Crippen molar-refractivity contribution in [2.45, 2.75) is 18.4 Å². The lowest BCUT2D eigenvalue weighted by atomic mass is 10.4. The summed E-state index contributed by atoms with van der Waals surface area (Å²) in [5.74, 6) is -1.03. The van der Waals surface area contributed by atoms with Crippen LogP contribution in [0.1, 0.15) is 22.3 Å². The normalized spacial score (nSPS) is 11.7. The molecule has 2 N–H and O–H groups in total. The number of carboxylic acids is 1. The minimum Gasteiger partial charge on any atom is -0.475 e. The third-order valence-electron chi connectivity index (χ3n) is 2.26. The van der Waals surface area contributed by atoms with Crippen molar-refractivity contribution < 1.29 is 27.3 Å². The number of furan rings is 1. The summed E-state index contributed by atoms with van der Waals surface area (Å²) >= 11 is 0. The molecule has 0 aliphatic carbocycles. The Bertz CT molecular complexity index is 717. The minimum absolute atomic E-state index is 0.0209. The highest BCUT2D eigenvalue weighted by molar-refractivity contribution is 7.89. The van der Waals surface area contributed by atoms with Crippen LogP contribution in [0.5, 0.6) is 0 Å². The van der Waals surface area contributed by atoms with Crippen molar-refractivity contribution in [1.82, 2.24) is 14.9 Å². The number of hydrogen-bond donors (Lipinski definition) is 2. The largest absolute Gasteiger partial charge is 0.475 e. The van der Waals surface area contributed by atoms with Gasteiger partial charge >= 0.3 is 5.97 Å². The van der Waals surface area contributed by atoms with E-state index in [-0.39, 0.29) is 13.0 Å². The highest BCUT2D eigenvalue weighted by atomic mass is 32.2. The molecule has 0 bridgehead atoms. The van der Waals surface area contributed by atoms with Gasteiger partial charge in [-0.25, -0.2) is 17.9 Å². The summed E-state index contributed by atoms with van der Waals surface area (Å²) in [6.45, 7) is 1.67. The second kappa shape index (κ2) is 5.43. The maximum Gasteiger partial charge on any atom is 0.371 e. The summed E-state index contributed by atoms with van der Waals surface area (Å²) in [7, 11) is -3.91. The van der Waals surface area contributed by atoms with Gasteiger partial charge in [0, 0.05) is 13.0 Å². The number of nitrogens with zero attached hydrogens (tertiary/aromatic N) is 2. The topological polar surface area (TPSA) is 136 Å². The molecule has 0 spiro atoms. The third kappa shape index (κ3) is 3.22. The first-order valence-corrected chi connectivity index (χ1v) is 6.99. The van der Waals surface area contributed by atoms with Gasteiger partial charge in [-0.05, 0) is 19.1 Å². The van der Waals surface area contributed by atoms with Gasteiger partial charge in [0.15, 0.2) is 5.82 Å². The Balaban J connectivity index is 1.98. The molecule has 0 saturated heterocycles. The number of aromatic carboxylic acids is 1. The molecule has 0 amide bonds. The van der Waals surface area contributed by atoms with Crippen molar-refractivity contribution in [3.05, 3.63) is 29.6 Å². The third-order valence-corrected chi connectivity index (χ3v) is 3.59. The van der Waals surface area contributed by atoms with E-state index in [1.54, 1.807) is 6.92 Å². The van der Waals surface area contributed by atoms with Crippen LogP contribution in [0.25, 0.3) is 0 Å². The lowest BCUT2D eigenvalue weighted by Crippen LogP contribution is -2.25. The van der Waals surface area contributed by atoms with E-state index in [9.17, 15) is 13.2 Å². The second-order valence-electron chi connectivity index (χ2n) is 3.81. The van der Waals surface area contributed by atoms with Crippen molar-refractivity contribution in [3.8, 4) is 0 Å². The molecule has 108 valence electrons. The number of carboxylic acid groups (broad SMARTS) is 1. The van der Waals surface area contributed by atoms with Crippen molar-refractivity contribution in [1.29, 1.82) is 0 Å². The first-order valence-electron chi connectivity index (χ1n) is 5.50. The summed E-state index contributed by atoms with van der Waals surface area (Å²) < 4.78 is 35.4. The van der Waals surface area contributed by atoms with Gasteiger partial charge < -0.3 is 14.0 Å². The Kier molecular flexibility index (Phi) is 3.86. The Morgan fingerprint density at radius 1 is 1.45 bits per heavy atom. The molecule has 2 aromatic heterocycles. The van der Waals surface area contributed by atoms with Crippen LogP contribution in [-0.4, -0.2) is 36.2 Å². The van der Waals surface area contributed by atoms with E-state index < -0.39 is 26.8 Å². The molecule has 2 rings (SSSR count). The zero-order valence-corrected chi connectivity index (χ0v) is 11.2. The second-order valence-corrected chi connectivity index (χ2v) is 5.50. The Hall–Kier alpha value is -2.20. The zero-order chi connectivity index (χ0) is 14.8. The van der Waals surface area contributed by atoms with Gasteiger partial charge in [-0.1, -0.05) is 5.16 Å². The van der Waals surface area contributed by atoms with E-state index >= 15 is 0 Å². The van der Waals surface area contributed by atoms with Crippen molar-refractivity contribution >= 4 is 16.0 Å². The van der Waals surface area contributed by atoms with Gasteiger partial charge in [0.1, 0.15) is 0 Å². The average Bonchev–Trinajstić information content (AvgIpc) is 2.98. The van der Waals surface area contributed by atoms with Crippen LogP contribution in [0.2, 0.25) is 0 Å². The molecule has 0 aliphatic heterocycles. The summed E-state index contributed by atoms with van der Waals surface area (Å²) in [4.78, 5) is 14.5. The summed E-state index contributed by atoms with van der Waals surface area (Å²) in [5, 5.41) is 11.8. The molecule has 0 atom stereocenters. The van der Waals surface area contributed by atoms with Crippen molar-refractivity contribution in [3.63, 3.8) is 0 Å². The van der Waals surface area contributed by atoms with Gasteiger partial charge in [-0.15, -0.1) is 0 Å². The van der Waals surface area contributed by atoms with Crippen molar-refractivity contribution in [2.75, 3.05) is 6.54 Å². The molecule has 0 radical (unpaired) electrons. The fourth-order valence-corrected chi connectivity index (χ4v) is 2.34. The average molecular weight is 301 g/mol. The maximum atomic E-state index is 11.8. The predicted molar refractivity (Wildman–Crippen MR) is 63.6 cm³/mol. The van der Waals surface area contributed by atoms with Crippen molar-refractivity contribution in [2.24, 2.45) is 0 Å². The van der Waals surface area contributed by atoms with E-state index in [1.807, 2.05) is 0 Å². The Labute approximate surface area is 113 Å². The van der Waals surface area contributed by atoms with Crippen LogP contribution in [-0.2, 0) is 16.4 Å². The monoisotopic (exact) mass is 301 g/mol. The van der Waals surface area contributed by atoms with Gasteiger partial charge in [0.2, 0.25) is 16.7 Å². The number of rotatable bonds is 6. The standard InChI is InChI=1S/C10H11N3O6S/c1-6-12-8(19-13-6)4-5-11-20(16,17)9-3-2-7(18-9)10(14)15/h2-3,11H,4-5H2,1H3,(H,14,15). The molecule has 0 saturated carbocycles. The number of aryl methyl sites for hydroxylation is 1. The number of nitrogens with one attached hydrogen (secondary N) is 1. The van der Waals surface area contributed by atoms with Gasteiger partial charge in [0.25, 0.3) is 10.0 Å². The van der Waals surface area contributed by atoms with Crippen LogP contribution in [0.15, 0.2) is 26.2 Å². The molecule has 0 fully saturated rings. The molecule has 20 heavy (non-hydrogen) atoms. The molecule has 0 aromatic carbocycles. The molecular weight excluding hydrogens is 290 g/mol. The van der Waals surface area contributed by atoms with Gasteiger partial charge in [-0.3, -0.25) is 0 Å². The lowest BCUT2D eigenvalue weighted by molar-refractivity contribution is 0.0656. The van der Waals surface area contributed by atoms with E-state index in [0.29, 0.717) is 11.7 Å². The van der Waals surface area contributed by atoms with Crippen LogP contribution in [0, 0.1) is 6.92 Å². The first-order chi connectivity index (χ1) is 9.38. The number of aromatic nitrogens is 2. The van der Waals surface area contributed by atoms with E-state index in [4.69, 9.17) is 14.0 Å². The Morgan fingerprint density at radius 3 is 2.75 bits per heavy atom. The SMILES string of the molecule is Cc1noc(CCNS(=O)(=O)c2ccc(C(=O)O)o2)n1. The highest BCUT2D eigenvalue weighted by Gasteiger charge is 2.20. The molecule has 2 aromatic rings. The number of hydrogen-bond acceptors (Lipinski definition) is 7. The summed E-state index contributed by atoms with van der Waals surface area (Å²) in [5.41, 5.74) is 0. The smallest absolute Gasteiger partial charge is 0.371 e. The quantitative estimate of drug-likeness (QED) is 0.771. The molecule has 0 unspecified atom stereocenters. The molecule has 2 heterocycles. The highest BCUT2D eigenvalue weighted by Crippen LogP contribution is 2.13. The van der Waals surface area contributed by atoms with Gasteiger partial charge in [0.05, 0.1) is 0 Å². The van der Waals surface area contributed by atoms with Crippen LogP contribution >= 0.6 is 0 Å². The molecular formula is C10H11N3O6S. The molecule has 9 nitrogen and oxygen atoms in total. The molecule has 0 aliphatic rings. The van der Waals surface area contributed by atoms with Gasteiger partial charge in [-0.2, -0.15) is 4.98 Å². The number of sulfonamides is 1.